The van der Waals surface area contributed by atoms with Gasteiger partial charge in [0.1, 0.15) is 12.4 Å². The molecule has 9 heteroatoms. The Balaban J connectivity index is 1.62. The van der Waals surface area contributed by atoms with Gasteiger partial charge in [0.05, 0.1) is 15.0 Å². The van der Waals surface area contributed by atoms with Crippen molar-refractivity contribution >= 4 is 97.4 Å². The molecule has 0 aromatic heterocycles. The number of amides is 2. The van der Waals surface area contributed by atoms with E-state index in [1.807, 2.05) is 42.5 Å². The molecule has 1 saturated heterocycles. The summed E-state index contributed by atoms with van der Waals surface area (Å²) in [5, 5.41) is 0.456. The van der Waals surface area contributed by atoms with Crippen molar-refractivity contribution in [3.05, 3.63) is 99.4 Å². The molecule has 4 nitrogen and oxygen atoms in total. The molecule has 168 valence electrons. The third kappa shape index (κ3) is 5.87. The predicted molar refractivity (Wildman–Crippen MR) is 151 cm³/mol. The fourth-order valence-corrected chi connectivity index (χ4v) is 6.58. The van der Waals surface area contributed by atoms with Gasteiger partial charge in [-0.3, -0.25) is 14.5 Å². The fourth-order valence-electron chi connectivity index (χ4n) is 3.19. The van der Waals surface area contributed by atoms with Crippen LogP contribution in [0.15, 0.2) is 65.6 Å². The van der Waals surface area contributed by atoms with Gasteiger partial charge in [-0.05, 0) is 92.8 Å². The van der Waals surface area contributed by atoms with Crippen molar-refractivity contribution in [1.29, 1.82) is 0 Å². The van der Waals surface area contributed by atoms with Crippen molar-refractivity contribution in [1.82, 2.24) is 4.90 Å². The number of halogens is 4. The monoisotopic (exact) mass is 721 g/mol. The Morgan fingerprint density at radius 3 is 2.36 bits per heavy atom. The molecule has 0 N–H and O–H groups in total. The molecule has 0 saturated carbocycles. The van der Waals surface area contributed by atoms with Crippen molar-refractivity contribution in [2.75, 3.05) is 0 Å². The molecule has 3 aromatic rings. The Morgan fingerprint density at radius 1 is 0.970 bits per heavy atom. The lowest BCUT2D eigenvalue weighted by Gasteiger charge is -2.15. The smallest absolute Gasteiger partial charge is 0.293 e. The number of rotatable bonds is 6. The third-order valence-electron chi connectivity index (χ3n) is 4.80. The Labute approximate surface area is 232 Å². The van der Waals surface area contributed by atoms with Gasteiger partial charge in [0.25, 0.3) is 11.1 Å². The van der Waals surface area contributed by atoms with Crippen LogP contribution in [0.2, 0.25) is 10.0 Å². The third-order valence-corrected chi connectivity index (χ3v) is 7.84. The zero-order chi connectivity index (χ0) is 23.5. The Morgan fingerprint density at radius 2 is 1.67 bits per heavy atom. The lowest BCUT2D eigenvalue weighted by molar-refractivity contribution is -0.123. The molecule has 0 aliphatic carbocycles. The molecule has 0 atom stereocenters. The van der Waals surface area contributed by atoms with E-state index in [1.54, 1.807) is 24.3 Å². The van der Waals surface area contributed by atoms with Crippen molar-refractivity contribution in [2.45, 2.75) is 13.2 Å². The van der Waals surface area contributed by atoms with Crippen LogP contribution < -0.4 is 4.74 Å². The number of hydrogen-bond acceptors (Lipinski definition) is 4. The molecule has 0 bridgehead atoms. The summed E-state index contributed by atoms with van der Waals surface area (Å²) in [5.74, 6) is 0.282. The maximum atomic E-state index is 13.1. The van der Waals surface area contributed by atoms with E-state index in [0.29, 0.717) is 32.9 Å². The first kappa shape index (κ1) is 24.8. The minimum absolute atomic E-state index is 0.0156. The fraction of sp³-hybridized carbons (Fsp3) is 0.0833. The molecular weight excluding hydrogens is 707 g/mol. The average molecular weight is 722 g/mol. The number of carbonyl (C=O) groups excluding carboxylic acids is 2. The molecule has 1 fully saturated rings. The zero-order valence-corrected chi connectivity index (χ0v) is 23.5. The van der Waals surface area contributed by atoms with E-state index >= 15 is 0 Å². The van der Waals surface area contributed by atoms with Gasteiger partial charge < -0.3 is 4.74 Å². The Hall–Kier alpha value is -1.27. The number of nitrogens with zero attached hydrogens (tertiary/aromatic N) is 1. The molecule has 0 radical (unpaired) electrons. The molecule has 0 spiro atoms. The standard InChI is InChI=1S/C24H15Cl2I2NO3S/c25-18-7-4-8-19(26)17(18)12-29-23(30)21(33-24(29)31)10-15-9-16(27)11-20(28)22(15)32-13-14-5-2-1-3-6-14/h1-11H,12-13H2/b21-10-. The normalized spacial score (nSPS) is 14.9. The lowest BCUT2D eigenvalue weighted by Crippen LogP contribution is -2.27. The van der Waals surface area contributed by atoms with Crippen LogP contribution in [0.5, 0.6) is 5.75 Å². The van der Waals surface area contributed by atoms with E-state index in [2.05, 4.69) is 45.2 Å². The van der Waals surface area contributed by atoms with Gasteiger partial charge in [0, 0.05) is 24.7 Å². The average Bonchev–Trinajstić information content (AvgIpc) is 3.03. The number of carbonyl (C=O) groups is 2. The van der Waals surface area contributed by atoms with Crippen LogP contribution in [-0.4, -0.2) is 16.0 Å². The second-order valence-corrected chi connectivity index (χ2v) is 11.3. The maximum absolute atomic E-state index is 13.1. The van der Waals surface area contributed by atoms with Gasteiger partial charge in [-0.1, -0.05) is 59.6 Å². The maximum Gasteiger partial charge on any atom is 0.293 e. The summed E-state index contributed by atoms with van der Waals surface area (Å²) in [6, 6.07) is 18.9. The topological polar surface area (TPSA) is 46.6 Å². The highest BCUT2D eigenvalue weighted by Crippen LogP contribution is 2.38. The lowest BCUT2D eigenvalue weighted by atomic mass is 10.1. The largest absolute Gasteiger partial charge is 0.487 e. The van der Waals surface area contributed by atoms with Gasteiger partial charge in [0.2, 0.25) is 0 Å². The van der Waals surface area contributed by atoms with Crippen LogP contribution in [0.1, 0.15) is 16.7 Å². The van der Waals surface area contributed by atoms with Crippen molar-refractivity contribution in [3.8, 4) is 5.75 Å². The Kier molecular flexibility index (Phi) is 8.27. The molecule has 33 heavy (non-hydrogen) atoms. The van der Waals surface area contributed by atoms with Gasteiger partial charge in [-0.25, -0.2) is 0 Å². The first-order valence-electron chi connectivity index (χ1n) is 9.67. The summed E-state index contributed by atoms with van der Waals surface area (Å²) in [5.41, 5.74) is 2.32. The molecule has 3 aromatic carbocycles. The first-order chi connectivity index (χ1) is 15.8. The van der Waals surface area contributed by atoms with E-state index in [1.165, 1.54) is 0 Å². The number of benzene rings is 3. The van der Waals surface area contributed by atoms with E-state index < -0.39 is 0 Å². The van der Waals surface area contributed by atoms with Gasteiger partial charge in [-0.2, -0.15) is 0 Å². The Bertz CT molecular complexity index is 1250. The summed E-state index contributed by atoms with van der Waals surface area (Å²) < 4.78 is 8.04. The second kappa shape index (κ2) is 11.0. The number of hydrogen-bond donors (Lipinski definition) is 0. The minimum atomic E-state index is -0.385. The molecular formula is C24H15Cl2I2NO3S. The van der Waals surface area contributed by atoms with E-state index in [-0.39, 0.29) is 17.7 Å². The van der Waals surface area contributed by atoms with Crippen LogP contribution in [-0.2, 0) is 17.9 Å². The first-order valence-corrected chi connectivity index (χ1v) is 13.4. The number of ether oxygens (including phenoxy) is 1. The van der Waals surface area contributed by atoms with Crippen molar-refractivity contribution in [3.63, 3.8) is 0 Å². The zero-order valence-electron chi connectivity index (χ0n) is 16.9. The van der Waals surface area contributed by atoms with Crippen molar-refractivity contribution < 1.29 is 14.3 Å². The van der Waals surface area contributed by atoms with Crippen LogP contribution in [0.25, 0.3) is 6.08 Å². The quantitative estimate of drug-likeness (QED) is 0.191. The summed E-state index contributed by atoms with van der Waals surface area (Å²) in [6.07, 6.45) is 1.71. The molecule has 1 aliphatic heterocycles. The van der Waals surface area contributed by atoms with Crippen LogP contribution in [0, 0.1) is 7.14 Å². The highest BCUT2D eigenvalue weighted by molar-refractivity contribution is 14.1. The van der Waals surface area contributed by atoms with Crippen molar-refractivity contribution in [2.24, 2.45) is 0 Å². The molecule has 0 unspecified atom stereocenters. The van der Waals surface area contributed by atoms with Crippen LogP contribution >= 0.6 is 80.1 Å². The summed E-state index contributed by atoms with van der Waals surface area (Å²) >= 11 is 17.8. The predicted octanol–water partition coefficient (Wildman–Crippen LogP) is 8.02. The molecule has 4 rings (SSSR count). The molecule has 2 amide bonds. The highest BCUT2D eigenvalue weighted by atomic mass is 127. The van der Waals surface area contributed by atoms with E-state index in [4.69, 9.17) is 27.9 Å². The summed E-state index contributed by atoms with van der Waals surface area (Å²) in [7, 11) is 0. The van der Waals surface area contributed by atoms with Gasteiger partial charge >= 0.3 is 0 Å². The summed E-state index contributed by atoms with van der Waals surface area (Å²) in [6.45, 7) is 0.409. The second-order valence-electron chi connectivity index (χ2n) is 7.05. The molecule has 1 aliphatic rings. The van der Waals surface area contributed by atoms with E-state index in [0.717, 1.165) is 34.9 Å². The van der Waals surface area contributed by atoms with Crippen LogP contribution in [0.3, 0.4) is 0 Å². The highest BCUT2D eigenvalue weighted by Gasteiger charge is 2.36. The van der Waals surface area contributed by atoms with Crippen LogP contribution in [0.4, 0.5) is 4.79 Å². The number of thioether (sulfide) groups is 1. The molecule has 1 heterocycles. The minimum Gasteiger partial charge on any atom is -0.487 e. The van der Waals surface area contributed by atoms with Gasteiger partial charge in [0.15, 0.2) is 0 Å². The summed E-state index contributed by atoms with van der Waals surface area (Å²) in [4.78, 5) is 27.2. The SMILES string of the molecule is O=C1S/C(=C\c2cc(I)cc(I)c2OCc2ccccc2)C(=O)N1Cc1c(Cl)cccc1Cl. The number of imide groups is 1. The van der Waals surface area contributed by atoms with Gasteiger partial charge in [-0.15, -0.1) is 0 Å². The van der Waals surface area contributed by atoms with E-state index in [9.17, 15) is 9.59 Å².